The van der Waals surface area contributed by atoms with Crippen molar-refractivity contribution in [3.63, 3.8) is 0 Å². The van der Waals surface area contributed by atoms with E-state index in [1.807, 2.05) is 22.7 Å². The van der Waals surface area contributed by atoms with Crippen LogP contribution in [0.1, 0.15) is 153 Å². The minimum absolute atomic E-state index is 1.20. The lowest BCUT2D eigenvalue weighted by atomic mass is 9.95. The van der Waals surface area contributed by atoms with Crippen LogP contribution in [0.25, 0.3) is 73.4 Å². The number of aryl methyl sites for hydroxylation is 2. The molecular formula is C58H68S2. The number of unbranched alkanes of at least 4 members (excludes halogenated alkanes) is 18. The molecule has 2 aromatic heterocycles. The van der Waals surface area contributed by atoms with E-state index in [2.05, 4.69) is 123 Å². The highest BCUT2D eigenvalue weighted by Crippen LogP contribution is 2.40. The van der Waals surface area contributed by atoms with Gasteiger partial charge in [0, 0.05) is 19.2 Å². The van der Waals surface area contributed by atoms with E-state index < -0.39 is 0 Å². The van der Waals surface area contributed by atoms with E-state index in [0.717, 1.165) is 0 Å². The SMILES string of the molecule is CCCCCCCCCCCCc1ccc2sc(-c3ccc4c(ccc5c6ccc(-c7cc8cc(CCCCCCCCCCCC)ccc8s7)cc6ccc45)c3)cc2c1. The number of rotatable bonds is 24. The smallest absolute Gasteiger partial charge is 0.0355 e. The summed E-state index contributed by atoms with van der Waals surface area (Å²) in [5, 5.41) is 10.8. The Morgan fingerprint density at radius 1 is 0.300 bits per heavy atom. The summed E-state index contributed by atoms with van der Waals surface area (Å²) in [6.45, 7) is 4.60. The molecule has 312 valence electrons. The van der Waals surface area contributed by atoms with Crippen molar-refractivity contribution in [1.82, 2.24) is 0 Å². The number of thiophene rings is 2. The predicted molar refractivity (Wildman–Crippen MR) is 272 cm³/mol. The van der Waals surface area contributed by atoms with Gasteiger partial charge < -0.3 is 0 Å². The Hall–Kier alpha value is -3.98. The number of hydrogen-bond acceptors (Lipinski definition) is 2. The first-order valence-electron chi connectivity index (χ1n) is 24.1. The van der Waals surface area contributed by atoms with Gasteiger partial charge in [-0.15, -0.1) is 22.7 Å². The molecule has 8 rings (SSSR count). The zero-order chi connectivity index (χ0) is 40.9. The van der Waals surface area contributed by atoms with E-state index in [1.165, 1.54) is 226 Å². The Morgan fingerprint density at radius 2 is 0.667 bits per heavy atom. The van der Waals surface area contributed by atoms with E-state index >= 15 is 0 Å². The third-order valence-electron chi connectivity index (χ3n) is 13.2. The van der Waals surface area contributed by atoms with Gasteiger partial charge in [0.05, 0.1) is 0 Å². The second-order valence-electron chi connectivity index (χ2n) is 17.9. The van der Waals surface area contributed by atoms with Crippen LogP contribution in [0.3, 0.4) is 0 Å². The van der Waals surface area contributed by atoms with Crippen molar-refractivity contribution in [1.29, 1.82) is 0 Å². The van der Waals surface area contributed by atoms with Crippen LogP contribution in [-0.2, 0) is 12.8 Å². The maximum absolute atomic E-state index is 2.45. The van der Waals surface area contributed by atoms with E-state index in [0.29, 0.717) is 0 Å². The van der Waals surface area contributed by atoms with E-state index in [4.69, 9.17) is 0 Å². The molecule has 0 saturated heterocycles. The lowest BCUT2D eigenvalue weighted by Gasteiger charge is -2.10. The van der Waals surface area contributed by atoms with Crippen molar-refractivity contribution in [2.45, 2.75) is 155 Å². The molecule has 0 unspecified atom stereocenters. The van der Waals surface area contributed by atoms with Crippen molar-refractivity contribution < 1.29 is 0 Å². The van der Waals surface area contributed by atoms with Crippen molar-refractivity contribution in [2.24, 2.45) is 0 Å². The minimum Gasteiger partial charge on any atom is -0.135 e. The zero-order valence-corrected chi connectivity index (χ0v) is 38.4. The standard InChI is InChI=1S/C58H68S2/c1-3-5-7-9-11-13-15-17-19-21-23-43-25-35-55-49(37-43)41-57(59-55)47-29-31-51-45(39-47)27-33-54-52-32-30-48(40-46(52)28-34-53(51)54)58-42-50-38-44(26-36-56(50)60-58)24-22-20-18-16-14-12-10-8-6-4-2/h25-42H,3-24H2,1-2H3. The van der Waals surface area contributed by atoms with Crippen LogP contribution >= 0.6 is 22.7 Å². The van der Waals surface area contributed by atoms with Crippen molar-refractivity contribution in [2.75, 3.05) is 0 Å². The first-order chi connectivity index (χ1) is 29.7. The van der Waals surface area contributed by atoms with Gasteiger partial charge >= 0.3 is 0 Å². The van der Waals surface area contributed by atoms with Crippen molar-refractivity contribution in [3.8, 4) is 20.9 Å². The summed E-state index contributed by atoms with van der Waals surface area (Å²) < 4.78 is 2.78. The summed E-state index contributed by atoms with van der Waals surface area (Å²) in [6, 6.07) is 42.8. The lowest BCUT2D eigenvalue weighted by Crippen LogP contribution is -1.86. The summed E-state index contributed by atoms with van der Waals surface area (Å²) >= 11 is 3.85. The Labute approximate surface area is 369 Å². The average Bonchev–Trinajstić information content (AvgIpc) is 3.91. The van der Waals surface area contributed by atoms with Crippen LogP contribution in [0, 0.1) is 0 Å². The van der Waals surface area contributed by atoms with Crippen LogP contribution in [0.2, 0.25) is 0 Å². The summed E-state index contributed by atoms with van der Waals surface area (Å²) in [5.74, 6) is 0. The number of benzene rings is 6. The first-order valence-corrected chi connectivity index (χ1v) is 25.7. The molecule has 0 aliphatic rings. The highest BCUT2D eigenvalue weighted by molar-refractivity contribution is 7.22. The van der Waals surface area contributed by atoms with E-state index in [9.17, 15) is 0 Å². The maximum atomic E-state index is 2.45. The Morgan fingerprint density at radius 3 is 1.07 bits per heavy atom. The minimum atomic E-state index is 1.20. The highest BCUT2D eigenvalue weighted by atomic mass is 32.1. The molecule has 60 heavy (non-hydrogen) atoms. The second-order valence-corrected chi connectivity index (χ2v) is 20.1. The summed E-state index contributed by atoms with van der Waals surface area (Å²) in [7, 11) is 0. The van der Waals surface area contributed by atoms with Gasteiger partial charge in [0.2, 0.25) is 0 Å². The van der Waals surface area contributed by atoms with Crippen molar-refractivity contribution >= 4 is 75.2 Å². The molecule has 0 N–H and O–H groups in total. The number of fused-ring (bicyclic) bond motifs is 7. The Balaban J connectivity index is 0.886. The van der Waals surface area contributed by atoms with Gasteiger partial charge in [-0.2, -0.15) is 0 Å². The average molecular weight is 829 g/mol. The molecule has 0 fully saturated rings. The quantitative estimate of drug-likeness (QED) is 0.0420. The molecule has 0 aliphatic heterocycles. The fourth-order valence-electron chi connectivity index (χ4n) is 9.61. The van der Waals surface area contributed by atoms with Gasteiger partial charge in [-0.3, -0.25) is 0 Å². The maximum Gasteiger partial charge on any atom is 0.0355 e. The van der Waals surface area contributed by atoms with Gasteiger partial charge in [-0.25, -0.2) is 0 Å². The highest BCUT2D eigenvalue weighted by Gasteiger charge is 2.12. The van der Waals surface area contributed by atoms with Crippen molar-refractivity contribution in [3.05, 3.63) is 120 Å². The van der Waals surface area contributed by atoms with Crippen LogP contribution in [0.15, 0.2) is 109 Å². The van der Waals surface area contributed by atoms with Gasteiger partial charge in [0.25, 0.3) is 0 Å². The molecule has 0 amide bonds. The molecule has 0 spiro atoms. The van der Waals surface area contributed by atoms with Gasteiger partial charge in [0.1, 0.15) is 0 Å². The molecule has 0 aliphatic carbocycles. The molecule has 6 aromatic carbocycles. The lowest BCUT2D eigenvalue weighted by molar-refractivity contribution is 0.556. The fourth-order valence-corrected chi connectivity index (χ4v) is 11.7. The van der Waals surface area contributed by atoms with E-state index in [-0.39, 0.29) is 0 Å². The summed E-state index contributed by atoms with van der Waals surface area (Å²) in [4.78, 5) is 2.72. The van der Waals surface area contributed by atoms with Gasteiger partial charge in [0.15, 0.2) is 0 Å². The molecule has 8 aromatic rings. The molecular weight excluding hydrogens is 761 g/mol. The third kappa shape index (κ3) is 10.9. The molecule has 0 nitrogen and oxygen atoms in total. The Kier molecular flexibility index (Phi) is 15.4. The van der Waals surface area contributed by atoms with Crippen LogP contribution in [-0.4, -0.2) is 0 Å². The predicted octanol–water partition coefficient (Wildman–Crippen LogP) is 19.8. The molecule has 0 radical (unpaired) electrons. The second kappa shape index (κ2) is 21.7. The van der Waals surface area contributed by atoms with Crippen LogP contribution in [0.5, 0.6) is 0 Å². The van der Waals surface area contributed by atoms with Gasteiger partial charge in [-0.1, -0.05) is 202 Å². The molecule has 2 heterocycles. The molecule has 2 heteroatoms. The molecule has 0 bridgehead atoms. The first kappa shape index (κ1) is 42.7. The fraction of sp³-hybridized carbons (Fsp3) is 0.414. The summed E-state index contributed by atoms with van der Waals surface area (Å²) in [6.07, 6.45) is 30.2. The Bertz CT molecular complexity index is 2420. The third-order valence-corrected chi connectivity index (χ3v) is 15.5. The van der Waals surface area contributed by atoms with E-state index in [1.54, 1.807) is 0 Å². The molecule has 0 atom stereocenters. The largest absolute Gasteiger partial charge is 0.135 e. The summed E-state index contributed by atoms with van der Waals surface area (Å²) in [5.41, 5.74) is 5.62. The zero-order valence-electron chi connectivity index (χ0n) is 36.8. The number of hydrogen-bond donors (Lipinski definition) is 0. The van der Waals surface area contributed by atoms with Crippen LogP contribution in [0.4, 0.5) is 0 Å². The van der Waals surface area contributed by atoms with Gasteiger partial charge in [-0.05, 0) is 127 Å². The van der Waals surface area contributed by atoms with Crippen LogP contribution < -0.4 is 0 Å². The monoisotopic (exact) mass is 828 g/mol. The topological polar surface area (TPSA) is 0 Å². The normalized spacial score (nSPS) is 12.0. The molecule has 0 saturated carbocycles.